The number of carbonyl (C=O) groups excluding carboxylic acids is 1. The van der Waals surface area contributed by atoms with E-state index in [9.17, 15) is 22.0 Å². The molecule has 10 heteroatoms. The number of urea groups is 1. The quantitative estimate of drug-likeness (QED) is 0.216. The molecule has 0 saturated carbocycles. The highest BCUT2D eigenvalue weighted by Crippen LogP contribution is 2.18. The Labute approximate surface area is 223 Å². The average Bonchev–Trinajstić information content (AvgIpc) is 2.84. The van der Waals surface area contributed by atoms with Crippen LogP contribution in [0.1, 0.15) is 14.0 Å². The van der Waals surface area contributed by atoms with Crippen LogP contribution in [0.2, 0.25) is 0 Å². The molecule has 0 aliphatic heterocycles. The van der Waals surface area contributed by atoms with Crippen molar-refractivity contribution in [2.45, 2.75) is 24.3 Å². The van der Waals surface area contributed by atoms with Crippen molar-refractivity contribution < 1.29 is 24.8 Å². The second-order valence-corrected chi connectivity index (χ2v) is 9.70. The maximum atomic E-state index is 13.9. The fourth-order valence-corrected chi connectivity index (χ4v) is 4.55. The van der Waals surface area contributed by atoms with Gasteiger partial charge in [0.2, 0.25) is 0 Å². The van der Waals surface area contributed by atoms with Crippen LogP contribution in [0.4, 0.5) is 13.6 Å². The lowest BCUT2D eigenvalue weighted by atomic mass is 9.93. The van der Waals surface area contributed by atoms with Gasteiger partial charge in [-0.3, -0.25) is 4.99 Å². The number of carbonyl (C=O) groups is 1. The molecule has 0 heterocycles. The lowest BCUT2D eigenvalue weighted by Crippen LogP contribution is -2.49. The molecule has 0 bridgehead atoms. The zero-order valence-electron chi connectivity index (χ0n) is 20.7. The minimum Gasteiger partial charge on any atom is -0.329 e. The van der Waals surface area contributed by atoms with E-state index in [1.165, 1.54) is 24.3 Å². The fourth-order valence-electron chi connectivity index (χ4n) is 3.38. The van der Waals surface area contributed by atoms with Gasteiger partial charge in [0.15, 0.2) is 0 Å². The van der Waals surface area contributed by atoms with Crippen LogP contribution in [-0.4, -0.2) is 26.2 Å². The van der Waals surface area contributed by atoms with Gasteiger partial charge in [0.25, 0.3) is 10.0 Å². The fraction of sp³-hybridized carbons (Fsp3) is 0.107. The van der Waals surface area contributed by atoms with Gasteiger partial charge in [0.05, 0.1) is 22.7 Å². The van der Waals surface area contributed by atoms with Crippen LogP contribution in [0.25, 0.3) is 0 Å². The Kier molecular flexibility index (Phi) is 10.2. The molecule has 1 atom stereocenters. The molecule has 7 nitrogen and oxygen atoms in total. The average molecular weight is 541 g/mol. The summed E-state index contributed by atoms with van der Waals surface area (Å²) in [5.74, 6) is -1.68. The predicted octanol–water partition coefficient (Wildman–Crippen LogP) is 5.70. The first-order valence-corrected chi connectivity index (χ1v) is 12.5. The van der Waals surface area contributed by atoms with E-state index in [1.807, 2.05) is 10.8 Å². The SMILES string of the molecule is C=CN=C(C(=C)C(=C)/C=C\C(=C)C#N)[C@H](Cc1cc(F)cc(F)c1)NC(=O)NS(=O)(=O)c1ccccc1C.[HH].[HH]. The van der Waals surface area contributed by atoms with E-state index in [-0.39, 0.29) is 42.2 Å². The Balaban J connectivity index is 0.00000760. The summed E-state index contributed by atoms with van der Waals surface area (Å²) < 4.78 is 55.4. The summed E-state index contributed by atoms with van der Waals surface area (Å²) in [5.41, 5.74) is 1.28. The summed E-state index contributed by atoms with van der Waals surface area (Å²) in [6, 6.07) is 8.53. The van der Waals surface area contributed by atoms with Crippen molar-refractivity contribution in [3.05, 3.63) is 127 Å². The lowest BCUT2D eigenvalue weighted by Gasteiger charge is -2.23. The minimum atomic E-state index is -4.25. The van der Waals surface area contributed by atoms with E-state index >= 15 is 0 Å². The zero-order valence-corrected chi connectivity index (χ0v) is 21.5. The maximum absolute atomic E-state index is 13.9. The number of benzene rings is 2. The molecule has 0 radical (unpaired) electrons. The molecule has 0 aromatic heterocycles. The number of halogens is 2. The molecule has 2 aromatic rings. The van der Waals surface area contributed by atoms with E-state index in [0.29, 0.717) is 11.6 Å². The lowest BCUT2D eigenvalue weighted by molar-refractivity contribution is 0.244. The Morgan fingerprint density at radius 1 is 1.16 bits per heavy atom. The number of rotatable bonds is 11. The number of aryl methyl sites for hydroxylation is 1. The van der Waals surface area contributed by atoms with Crippen LogP contribution in [0.3, 0.4) is 0 Å². The Morgan fingerprint density at radius 2 is 1.79 bits per heavy atom. The molecule has 200 valence electrons. The van der Waals surface area contributed by atoms with E-state index in [4.69, 9.17) is 5.26 Å². The molecule has 0 aliphatic rings. The van der Waals surface area contributed by atoms with Crippen molar-refractivity contribution >= 4 is 21.8 Å². The topological polar surface area (TPSA) is 111 Å². The first-order valence-electron chi connectivity index (χ1n) is 11.1. The zero-order chi connectivity index (χ0) is 28.5. The minimum absolute atomic E-state index is 0. The molecule has 0 saturated heterocycles. The smallest absolute Gasteiger partial charge is 0.329 e. The van der Waals surface area contributed by atoms with Gasteiger partial charge in [-0.2, -0.15) is 5.26 Å². The van der Waals surface area contributed by atoms with E-state index in [2.05, 4.69) is 36.6 Å². The number of sulfonamides is 1. The van der Waals surface area contributed by atoms with Crippen molar-refractivity contribution in [1.82, 2.24) is 10.0 Å². The third-order valence-electron chi connectivity index (χ3n) is 5.16. The van der Waals surface area contributed by atoms with Crippen LogP contribution in [0, 0.1) is 29.9 Å². The Hall–Kier alpha value is -4.62. The van der Waals surface area contributed by atoms with E-state index in [1.54, 1.807) is 19.1 Å². The maximum Gasteiger partial charge on any atom is 0.329 e. The van der Waals surface area contributed by atoms with E-state index < -0.39 is 33.7 Å². The van der Waals surface area contributed by atoms with Gasteiger partial charge >= 0.3 is 6.03 Å². The normalized spacial score (nSPS) is 12.3. The van der Waals surface area contributed by atoms with E-state index in [0.717, 1.165) is 18.3 Å². The summed E-state index contributed by atoms with van der Waals surface area (Å²) in [6.45, 7) is 16.5. The highest BCUT2D eigenvalue weighted by atomic mass is 32.2. The number of aliphatic imine (C=N–C) groups is 1. The highest BCUT2D eigenvalue weighted by Gasteiger charge is 2.26. The molecule has 2 aromatic carbocycles. The number of hydrogen-bond donors (Lipinski definition) is 2. The standard InChI is InChI=1S/C28H26F2N4O3S.2H2/c1-6-32-27(21(5)19(3)12-11-18(2)17-31)25(15-22-13-23(29)16-24(30)14-22)33-28(35)34-38(36,37)26-10-8-7-9-20(26)4;;/h6-14,16,25H,1-3,5,15H2,4H3,(H2,33,34,35);2*1H/b12-11-,32-27?;;/t25-;;/m0../s1. The molecule has 2 N–H and O–H groups in total. The number of nitrogens with zero attached hydrogens (tertiary/aromatic N) is 2. The molecule has 0 fully saturated rings. The van der Waals surface area contributed by atoms with Crippen molar-refractivity contribution in [1.29, 1.82) is 5.26 Å². The predicted molar refractivity (Wildman–Crippen MR) is 148 cm³/mol. The van der Waals surface area contributed by atoms with Gasteiger partial charge in [0.1, 0.15) is 11.6 Å². The van der Waals surface area contributed by atoms with Crippen LogP contribution in [-0.2, 0) is 16.4 Å². The summed E-state index contributed by atoms with van der Waals surface area (Å²) in [4.78, 5) is 17.0. The monoisotopic (exact) mass is 540 g/mol. The van der Waals surface area contributed by atoms with Crippen molar-refractivity contribution in [3.8, 4) is 6.07 Å². The highest BCUT2D eigenvalue weighted by molar-refractivity contribution is 7.90. The van der Waals surface area contributed by atoms with Gasteiger partial charge in [0, 0.05) is 20.7 Å². The van der Waals surface area contributed by atoms with Gasteiger partial charge in [-0.25, -0.2) is 26.7 Å². The molecule has 0 unspecified atom stereocenters. The first-order chi connectivity index (χ1) is 17.9. The number of nitriles is 1. The molecular weight excluding hydrogens is 510 g/mol. The number of amides is 2. The van der Waals surface area contributed by atoms with Gasteiger partial charge < -0.3 is 5.32 Å². The second kappa shape index (κ2) is 13.1. The van der Waals surface area contributed by atoms with Crippen molar-refractivity contribution in [2.75, 3.05) is 0 Å². The molecule has 38 heavy (non-hydrogen) atoms. The first kappa shape index (κ1) is 29.6. The van der Waals surface area contributed by atoms with Crippen molar-refractivity contribution in [2.24, 2.45) is 4.99 Å². The summed E-state index contributed by atoms with van der Waals surface area (Å²) in [7, 11) is -4.25. The van der Waals surface area contributed by atoms with Crippen LogP contribution >= 0.6 is 0 Å². The number of hydrogen-bond acceptors (Lipinski definition) is 5. The second-order valence-electron chi connectivity index (χ2n) is 8.05. The largest absolute Gasteiger partial charge is 0.329 e. The number of allylic oxidation sites excluding steroid dienone is 4. The summed E-state index contributed by atoms with van der Waals surface area (Å²) >= 11 is 0. The third kappa shape index (κ3) is 8.21. The van der Waals surface area contributed by atoms with Crippen molar-refractivity contribution in [3.63, 3.8) is 0 Å². The summed E-state index contributed by atoms with van der Waals surface area (Å²) in [5, 5.41) is 11.4. The van der Waals surface area contributed by atoms with Gasteiger partial charge in [-0.15, -0.1) is 0 Å². The molecule has 0 spiro atoms. The summed E-state index contributed by atoms with van der Waals surface area (Å²) in [6.07, 6.45) is 3.81. The van der Waals surface area contributed by atoms with Gasteiger partial charge in [-0.1, -0.05) is 50.6 Å². The molecule has 2 amide bonds. The Bertz CT molecular complexity index is 1490. The number of nitrogens with one attached hydrogen (secondary N) is 2. The molecular formula is C28H30F2N4O3S. The molecule has 0 aliphatic carbocycles. The molecule has 2 rings (SSSR count). The van der Waals surface area contributed by atoms with Crippen LogP contribution < -0.4 is 10.0 Å². The van der Waals surface area contributed by atoms with Gasteiger partial charge in [-0.05, 0) is 59.9 Å². The van der Waals surface area contributed by atoms with Crippen LogP contribution in [0.15, 0.2) is 114 Å². The Morgan fingerprint density at radius 3 is 2.37 bits per heavy atom. The third-order valence-corrected chi connectivity index (χ3v) is 6.66. The van der Waals surface area contributed by atoms with Crippen LogP contribution in [0.5, 0.6) is 0 Å².